The molecule has 0 bridgehead atoms. The van der Waals surface area contributed by atoms with E-state index in [9.17, 15) is 0 Å². The molecular weight excluding hydrogens is 174 g/mol. The summed E-state index contributed by atoms with van der Waals surface area (Å²) in [7, 11) is 0. The van der Waals surface area contributed by atoms with Gasteiger partial charge in [0.2, 0.25) is 0 Å². The number of nitrogens with two attached hydrogens (primary N) is 1. The number of hydrogen-bond acceptors (Lipinski definition) is 2. The van der Waals surface area contributed by atoms with Crippen molar-refractivity contribution in [3.8, 4) is 0 Å². The van der Waals surface area contributed by atoms with E-state index in [0.29, 0.717) is 5.69 Å². The summed E-state index contributed by atoms with van der Waals surface area (Å²) >= 11 is 0. The Labute approximate surface area is 77.9 Å². The van der Waals surface area contributed by atoms with Crippen molar-refractivity contribution < 1.29 is 0 Å². The molecule has 66 valence electrons. The van der Waals surface area contributed by atoms with Gasteiger partial charge in [-0.3, -0.25) is 5.41 Å². The largest absolute Gasteiger partial charge is 0.382 e. The van der Waals surface area contributed by atoms with Crippen LogP contribution in [0.5, 0.6) is 0 Å². The molecule has 0 amide bonds. The number of pyridine rings is 1. The third-order valence-electron chi connectivity index (χ3n) is 1.37. The molecule has 0 aliphatic carbocycles. The predicted octanol–water partition coefficient (Wildman–Crippen LogP) is 1.40. The van der Waals surface area contributed by atoms with Crippen LogP contribution in [0, 0.1) is 19.3 Å². The van der Waals surface area contributed by atoms with Crippen LogP contribution in [0.1, 0.15) is 17.0 Å². The van der Waals surface area contributed by atoms with E-state index in [1.54, 1.807) is 6.07 Å². The Morgan fingerprint density at radius 2 is 2.00 bits per heavy atom. The molecule has 0 saturated heterocycles. The number of nitrogens with zero attached hydrogens (tertiary/aromatic N) is 1. The van der Waals surface area contributed by atoms with Crippen LogP contribution in [0.3, 0.4) is 0 Å². The summed E-state index contributed by atoms with van der Waals surface area (Å²) in [5.41, 5.74) is 7.81. The van der Waals surface area contributed by atoms with Crippen molar-refractivity contribution in [2.45, 2.75) is 13.8 Å². The molecule has 0 radical (unpaired) electrons. The first-order valence-electron chi connectivity index (χ1n) is 3.39. The highest BCUT2D eigenvalue weighted by Gasteiger charge is 1.98. The molecule has 12 heavy (non-hydrogen) atoms. The van der Waals surface area contributed by atoms with Crippen molar-refractivity contribution in [3.05, 3.63) is 29.1 Å². The highest BCUT2D eigenvalue weighted by molar-refractivity contribution is 5.93. The van der Waals surface area contributed by atoms with Gasteiger partial charge < -0.3 is 5.73 Å². The van der Waals surface area contributed by atoms with Gasteiger partial charge in [-0.15, -0.1) is 12.4 Å². The van der Waals surface area contributed by atoms with Gasteiger partial charge in [0.05, 0.1) is 0 Å². The first-order chi connectivity index (χ1) is 5.09. The second-order valence-corrected chi connectivity index (χ2v) is 2.58. The Balaban J connectivity index is 0.00000121. The summed E-state index contributed by atoms with van der Waals surface area (Å²) in [5.74, 6) is 0.0248. The summed E-state index contributed by atoms with van der Waals surface area (Å²) in [6.45, 7) is 3.85. The topological polar surface area (TPSA) is 62.8 Å². The van der Waals surface area contributed by atoms with Crippen LogP contribution in [0.15, 0.2) is 12.1 Å². The monoisotopic (exact) mass is 185 g/mol. The van der Waals surface area contributed by atoms with Crippen molar-refractivity contribution in [3.63, 3.8) is 0 Å². The minimum atomic E-state index is 0. The average Bonchev–Trinajstić information content (AvgIpc) is 1.85. The van der Waals surface area contributed by atoms with Gasteiger partial charge >= 0.3 is 0 Å². The summed E-state index contributed by atoms with van der Waals surface area (Å²) in [4.78, 5) is 4.08. The molecule has 3 N–H and O–H groups in total. The van der Waals surface area contributed by atoms with E-state index in [1.165, 1.54) is 0 Å². The Morgan fingerprint density at radius 3 is 2.42 bits per heavy atom. The van der Waals surface area contributed by atoms with Crippen LogP contribution in [-0.4, -0.2) is 10.8 Å². The van der Waals surface area contributed by atoms with Crippen LogP contribution in [0.4, 0.5) is 0 Å². The van der Waals surface area contributed by atoms with Crippen LogP contribution in [0.2, 0.25) is 0 Å². The van der Waals surface area contributed by atoms with Crippen LogP contribution >= 0.6 is 12.4 Å². The smallest absolute Gasteiger partial charge is 0.141 e. The van der Waals surface area contributed by atoms with E-state index in [1.807, 2.05) is 19.9 Å². The van der Waals surface area contributed by atoms with Gasteiger partial charge in [-0.1, -0.05) is 0 Å². The van der Waals surface area contributed by atoms with Crippen molar-refractivity contribution in [1.82, 2.24) is 4.98 Å². The third kappa shape index (κ3) is 2.51. The molecular formula is C8H12ClN3. The summed E-state index contributed by atoms with van der Waals surface area (Å²) < 4.78 is 0. The molecule has 0 unspecified atom stereocenters. The molecule has 0 atom stereocenters. The number of hydrogen-bond donors (Lipinski definition) is 2. The zero-order valence-electron chi connectivity index (χ0n) is 7.09. The van der Waals surface area contributed by atoms with Gasteiger partial charge in [-0.2, -0.15) is 0 Å². The lowest BCUT2D eigenvalue weighted by Crippen LogP contribution is -2.13. The maximum Gasteiger partial charge on any atom is 0.141 e. The second-order valence-electron chi connectivity index (χ2n) is 2.58. The van der Waals surface area contributed by atoms with E-state index in [2.05, 4.69) is 4.98 Å². The number of rotatable bonds is 1. The van der Waals surface area contributed by atoms with E-state index < -0.39 is 0 Å². The van der Waals surface area contributed by atoms with Crippen molar-refractivity contribution in [2.75, 3.05) is 0 Å². The lowest BCUT2D eigenvalue weighted by molar-refractivity contribution is 1.14. The molecule has 4 heteroatoms. The maximum absolute atomic E-state index is 7.14. The van der Waals surface area contributed by atoms with Gasteiger partial charge in [0, 0.05) is 5.69 Å². The average molecular weight is 186 g/mol. The van der Waals surface area contributed by atoms with E-state index in [0.717, 1.165) is 11.3 Å². The zero-order chi connectivity index (χ0) is 8.43. The molecule has 0 aliphatic heterocycles. The summed E-state index contributed by atoms with van der Waals surface area (Å²) in [6.07, 6.45) is 0. The predicted molar refractivity (Wildman–Crippen MR) is 52.0 cm³/mol. The Kier molecular flexibility index (Phi) is 3.70. The lowest BCUT2D eigenvalue weighted by Gasteiger charge is -2.00. The Bertz CT molecular complexity index is 276. The van der Waals surface area contributed by atoms with E-state index in [-0.39, 0.29) is 18.2 Å². The van der Waals surface area contributed by atoms with E-state index >= 15 is 0 Å². The van der Waals surface area contributed by atoms with Crippen LogP contribution in [0.25, 0.3) is 0 Å². The van der Waals surface area contributed by atoms with Crippen LogP contribution in [-0.2, 0) is 0 Å². The zero-order valence-corrected chi connectivity index (χ0v) is 7.90. The first-order valence-corrected chi connectivity index (χ1v) is 3.39. The Hall–Kier alpha value is -1.09. The standard InChI is InChI=1S/C8H11N3.ClH/c1-5-3-6(2)11-7(4-5)8(9)10;/h3-4H,1-2H3,(H3,9,10);1H. The number of nitrogen functional groups attached to an aromatic ring is 1. The quantitative estimate of drug-likeness (QED) is 0.513. The van der Waals surface area contributed by atoms with Gasteiger partial charge in [-0.25, -0.2) is 4.98 Å². The van der Waals surface area contributed by atoms with Crippen molar-refractivity contribution in [1.29, 1.82) is 5.41 Å². The molecule has 3 nitrogen and oxygen atoms in total. The van der Waals surface area contributed by atoms with Gasteiger partial charge in [0.1, 0.15) is 11.5 Å². The van der Waals surface area contributed by atoms with Crippen molar-refractivity contribution >= 4 is 18.2 Å². The molecule has 1 rings (SSSR count). The molecule has 0 spiro atoms. The SMILES string of the molecule is Cc1cc(C)nc(C(=N)N)c1.Cl. The minimum absolute atomic E-state index is 0. The maximum atomic E-state index is 7.14. The molecule has 0 fully saturated rings. The number of amidine groups is 1. The van der Waals surface area contributed by atoms with Gasteiger partial charge in [0.15, 0.2) is 0 Å². The number of aryl methyl sites for hydroxylation is 2. The van der Waals surface area contributed by atoms with Gasteiger partial charge in [0.25, 0.3) is 0 Å². The number of aromatic nitrogens is 1. The molecule has 0 saturated carbocycles. The van der Waals surface area contributed by atoms with Crippen LogP contribution < -0.4 is 5.73 Å². The summed E-state index contributed by atoms with van der Waals surface area (Å²) in [5, 5.41) is 7.14. The van der Waals surface area contributed by atoms with Gasteiger partial charge in [-0.05, 0) is 31.5 Å². The van der Waals surface area contributed by atoms with E-state index in [4.69, 9.17) is 11.1 Å². The molecule has 0 aliphatic rings. The highest BCUT2D eigenvalue weighted by atomic mass is 35.5. The number of nitrogens with one attached hydrogen (secondary N) is 1. The fraction of sp³-hybridized carbons (Fsp3) is 0.250. The fourth-order valence-electron chi connectivity index (χ4n) is 0.979. The minimum Gasteiger partial charge on any atom is -0.382 e. The first kappa shape index (κ1) is 10.9. The third-order valence-corrected chi connectivity index (χ3v) is 1.37. The molecule has 1 aromatic rings. The lowest BCUT2D eigenvalue weighted by atomic mass is 10.2. The molecule has 1 aromatic heterocycles. The number of halogens is 1. The normalized spacial score (nSPS) is 8.83. The Morgan fingerprint density at radius 1 is 1.42 bits per heavy atom. The molecule has 1 heterocycles. The second kappa shape index (κ2) is 4.07. The van der Waals surface area contributed by atoms with Crippen molar-refractivity contribution in [2.24, 2.45) is 5.73 Å². The summed E-state index contributed by atoms with van der Waals surface area (Å²) in [6, 6.07) is 3.75. The highest BCUT2D eigenvalue weighted by Crippen LogP contribution is 2.02. The fourth-order valence-corrected chi connectivity index (χ4v) is 0.979. The molecule has 0 aromatic carbocycles.